The first-order valence-corrected chi connectivity index (χ1v) is 5.01. The number of aromatic nitrogens is 2. The van der Waals surface area contributed by atoms with Crippen LogP contribution in [0.4, 0.5) is 8.78 Å². The molecule has 2 rings (SSSR count). The van der Waals surface area contributed by atoms with E-state index in [4.69, 9.17) is 10.3 Å². The maximum absolute atomic E-state index is 12.9. The maximum Gasteiger partial charge on any atom is 0.248 e. The first-order valence-electron chi connectivity index (χ1n) is 5.01. The molecule has 1 fully saturated rings. The summed E-state index contributed by atoms with van der Waals surface area (Å²) in [7, 11) is 0. The van der Waals surface area contributed by atoms with Crippen molar-refractivity contribution in [2.75, 3.05) is 0 Å². The van der Waals surface area contributed by atoms with Crippen molar-refractivity contribution in [2.24, 2.45) is 5.73 Å². The van der Waals surface area contributed by atoms with Crippen LogP contribution in [0.3, 0.4) is 0 Å². The Labute approximate surface area is 85.8 Å². The van der Waals surface area contributed by atoms with E-state index in [0.717, 1.165) is 0 Å². The van der Waals surface area contributed by atoms with Gasteiger partial charge < -0.3 is 10.3 Å². The van der Waals surface area contributed by atoms with Gasteiger partial charge in [-0.05, 0) is 12.8 Å². The minimum Gasteiger partial charge on any atom is -0.338 e. The van der Waals surface area contributed by atoms with Gasteiger partial charge in [-0.1, -0.05) is 5.16 Å². The molecule has 0 radical (unpaired) electrons. The zero-order valence-corrected chi connectivity index (χ0v) is 8.25. The van der Waals surface area contributed by atoms with Gasteiger partial charge in [0.1, 0.15) is 0 Å². The SMILES string of the molecule is NCc1nc(C2CCC(F)(F)CC2)no1. The van der Waals surface area contributed by atoms with Gasteiger partial charge in [0.25, 0.3) is 0 Å². The fourth-order valence-corrected chi connectivity index (χ4v) is 1.82. The Balaban J connectivity index is 2.01. The highest BCUT2D eigenvalue weighted by Gasteiger charge is 2.36. The fourth-order valence-electron chi connectivity index (χ4n) is 1.82. The largest absolute Gasteiger partial charge is 0.338 e. The van der Waals surface area contributed by atoms with Crippen LogP contribution in [0, 0.1) is 0 Å². The number of hydrogen-bond acceptors (Lipinski definition) is 4. The van der Waals surface area contributed by atoms with Crippen LogP contribution in [0.5, 0.6) is 0 Å². The number of hydrogen-bond donors (Lipinski definition) is 1. The van der Waals surface area contributed by atoms with Gasteiger partial charge in [-0.3, -0.25) is 0 Å². The molecule has 84 valence electrons. The Morgan fingerprint density at radius 2 is 2.07 bits per heavy atom. The average molecular weight is 217 g/mol. The summed E-state index contributed by atoms with van der Waals surface area (Å²) in [6.45, 7) is 0.190. The monoisotopic (exact) mass is 217 g/mol. The molecular weight excluding hydrogens is 204 g/mol. The van der Waals surface area contributed by atoms with E-state index in [1.54, 1.807) is 0 Å². The van der Waals surface area contributed by atoms with Crippen LogP contribution in [-0.4, -0.2) is 16.1 Å². The van der Waals surface area contributed by atoms with Crippen LogP contribution < -0.4 is 5.73 Å². The van der Waals surface area contributed by atoms with Gasteiger partial charge in [0.2, 0.25) is 11.8 Å². The van der Waals surface area contributed by atoms with E-state index in [1.165, 1.54) is 0 Å². The van der Waals surface area contributed by atoms with Crippen LogP contribution in [0.25, 0.3) is 0 Å². The third-order valence-corrected chi connectivity index (χ3v) is 2.74. The first-order chi connectivity index (χ1) is 7.11. The number of alkyl halides is 2. The van der Waals surface area contributed by atoms with Crippen molar-refractivity contribution in [3.05, 3.63) is 11.7 Å². The zero-order valence-electron chi connectivity index (χ0n) is 8.25. The second kappa shape index (κ2) is 3.84. The van der Waals surface area contributed by atoms with Crippen molar-refractivity contribution >= 4 is 0 Å². The molecule has 15 heavy (non-hydrogen) atoms. The van der Waals surface area contributed by atoms with Crippen molar-refractivity contribution in [1.82, 2.24) is 10.1 Å². The highest BCUT2D eigenvalue weighted by atomic mass is 19.3. The predicted octanol–water partition coefficient (Wildman–Crippen LogP) is 1.82. The van der Waals surface area contributed by atoms with E-state index in [-0.39, 0.29) is 25.3 Å². The number of halogens is 2. The van der Waals surface area contributed by atoms with E-state index >= 15 is 0 Å². The molecule has 6 heteroatoms. The lowest BCUT2D eigenvalue weighted by Crippen LogP contribution is -2.24. The van der Waals surface area contributed by atoms with E-state index in [2.05, 4.69) is 10.1 Å². The summed E-state index contributed by atoms with van der Waals surface area (Å²) < 4.78 is 30.6. The standard InChI is InChI=1S/C9H13F2N3O/c10-9(11)3-1-6(2-4-9)8-13-7(5-12)15-14-8/h6H,1-5,12H2. The van der Waals surface area contributed by atoms with Crippen molar-refractivity contribution in [3.63, 3.8) is 0 Å². The molecule has 0 amide bonds. The highest BCUT2D eigenvalue weighted by Crippen LogP contribution is 2.39. The summed E-state index contributed by atoms with van der Waals surface area (Å²) in [5.74, 6) is -1.64. The van der Waals surface area contributed by atoms with Gasteiger partial charge in [0.15, 0.2) is 5.82 Å². The molecule has 0 bridgehead atoms. The smallest absolute Gasteiger partial charge is 0.248 e. The Morgan fingerprint density at radius 3 is 2.60 bits per heavy atom. The average Bonchev–Trinajstić information content (AvgIpc) is 2.66. The molecule has 0 unspecified atom stereocenters. The molecule has 0 aromatic carbocycles. The van der Waals surface area contributed by atoms with Gasteiger partial charge in [0.05, 0.1) is 6.54 Å². The summed E-state index contributed by atoms with van der Waals surface area (Å²) in [4.78, 5) is 4.05. The van der Waals surface area contributed by atoms with E-state index < -0.39 is 5.92 Å². The second-order valence-electron chi connectivity index (χ2n) is 3.88. The van der Waals surface area contributed by atoms with Crippen LogP contribution in [-0.2, 0) is 6.54 Å². The van der Waals surface area contributed by atoms with Gasteiger partial charge in [-0.15, -0.1) is 0 Å². The lowest BCUT2D eigenvalue weighted by atomic mass is 9.86. The molecular formula is C9H13F2N3O. The summed E-state index contributed by atoms with van der Waals surface area (Å²) in [6.07, 6.45) is 0.640. The van der Waals surface area contributed by atoms with Crippen LogP contribution in [0.15, 0.2) is 4.52 Å². The summed E-state index contributed by atoms with van der Waals surface area (Å²) in [5, 5.41) is 3.75. The van der Waals surface area contributed by atoms with Gasteiger partial charge >= 0.3 is 0 Å². The quantitative estimate of drug-likeness (QED) is 0.820. The van der Waals surface area contributed by atoms with Crippen molar-refractivity contribution in [2.45, 2.75) is 44.1 Å². The third-order valence-electron chi connectivity index (χ3n) is 2.74. The lowest BCUT2D eigenvalue weighted by Gasteiger charge is -2.26. The number of rotatable bonds is 2. The molecule has 1 heterocycles. The van der Waals surface area contributed by atoms with Crippen molar-refractivity contribution in [3.8, 4) is 0 Å². The number of nitrogens with zero attached hydrogens (tertiary/aromatic N) is 2. The highest BCUT2D eigenvalue weighted by molar-refractivity contribution is 4.98. The first kappa shape index (κ1) is 10.5. The lowest BCUT2D eigenvalue weighted by molar-refractivity contribution is -0.0389. The Bertz CT molecular complexity index is 330. The van der Waals surface area contributed by atoms with Crippen LogP contribution in [0.1, 0.15) is 43.3 Å². The molecule has 1 aliphatic carbocycles. The molecule has 2 N–H and O–H groups in total. The van der Waals surface area contributed by atoms with Crippen LogP contribution >= 0.6 is 0 Å². The molecule has 0 saturated heterocycles. The predicted molar refractivity (Wildman–Crippen MR) is 48.3 cm³/mol. The minimum absolute atomic E-state index is 0.00586. The Morgan fingerprint density at radius 1 is 1.40 bits per heavy atom. The molecule has 0 aliphatic heterocycles. The molecule has 1 aliphatic rings. The van der Waals surface area contributed by atoms with E-state index in [0.29, 0.717) is 24.6 Å². The molecule has 4 nitrogen and oxygen atoms in total. The van der Waals surface area contributed by atoms with Crippen molar-refractivity contribution in [1.29, 1.82) is 0 Å². The minimum atomic E-state index is -2.52. The van der Waals surface area contributed by atoms with E-state index in [9.17, 15) is 8.78 Å². The Hall–Kier alpha value is -1.04. The second-order valence-corrected chi connectivity index (χ2v) is 3.88. The molecule has 0 spiro atoms. The topological polar surface area (TPSA) is 64.9 Å². The Kier molecular flexibility index (Phi) is 2.68. The maximum atomic E-state index is 12.9. The molecule has 1 saturated carbocycles. The van der Waals surface area contributed by atoms with Crippen LogP contribution in [0.2, 0.25) is 0 Å². The van der Waals surface area contributed by atoms with Gasteiger partial charge in [-0.2, -0.15) is 4.98 Å². The molecule has 1 aromatic heterocycles. The number of nitrogens with two attached hydrogens (primary N) is 1. The normalized spacial score (nSPS) is 21.8. The fraction of sp³-hybridized carbons (Fsp3) is 0.778. The van der Waals surface area contributed by atoms with Crippen molar-refractivity contribution < 1.29 is 13.3 Å². The zero-order chi connectivity index (χ0) is 10.9. The van der Waals surface area contributed by atoms with Gasteiger partial charge in [-0.25, -0.2) is 8.78 Å². The summed E-state index contributed by atoms with van der Waals surface area (Å²) in [5.41, 5.74) is 5.32. The summed E-state index contributed by atoms with van der Waals surface area (Å²) >= 11 is 0. The molecule has 0 atom stereocenters. The molecule has 1 aromatic rings. The summed E-state index contributed by atoms with van der Waals surface area (Å²) in [6, 6.07) is 0. The van der Waals surface area contributed by atoms with Gasteiger partial charge in [0, 0.05) is 18.8 Å². The third kappa shape index (κ3) is 2.31. The van der Waals surface area contributed by atoms with E-state index in [1.807, 2.05) is 0 Å².